The van der Waals surface area contributed by atoms with Gasteiger partial charge in [0.05, 0.1) is 7.11 Å². The molecule has 3 aromatic carbocycles. The molecule has 0 radical (unpaired) electrons. The van der Waals surface area contributed by atoms with Crippen molar-refractivity contribution in [3.05, 3.63) is 93.5 Å². The number of rotatable bonds is 11. The van der Waals surface area contributed by atoms with Gasteiger partial charge in [-0.2, -0.15) is 0 Å². The molecule has 8 nitrogen and oxygen atoms in total. The zero-order valence-corrected chi connectivity index (χ0v) is 25.7. The van der Waals surface area contributed by atoms with Crippen LogP contribution in [0, 0.1) is 13.8 Å². The highest BCUT2D eigenvalue weighted by molar-refractivity contribution is 6.30. The molecule has 0 saturated heterocycles. The van der Waals surface area contributed by atoms with E-state index in [2.05, 4.69) is 54.4 Å². The fourth-order valence-electron chi connectivity index (χ4n) is 5.12. The summed E-state index contributed by atoms with van der Waals surface area (Å²) in [5.74, 6) is 2.12. The van der Waals surface area contributed by atoms with Gasteiger partial charge in [-0.1, -0.05) is 41.9 Å². The number of carbonyl (C=O) groups excluding carboxylic acids is 1. The van der Waals surface area contributed by atoms with Crippen molar-refractivity contribution in [1.29, 1.82) is 0 Å². The van der Waals surface area contributed by atoms with Crippen molar-refractivity contribution in [2.75, 3.05) is 33.4 Å². The van der Waals surface area contributed by atoms with E-state index in [0.717, 1.165) is 48.3 Å². The molecule has 9 heteroatoms. The van der Waals surface area contributed by atoms with E-state index < -0.39 is 0 Å². The lowest BCUT2D eigenvalue weighted by Gasteiger charge is -2.29. The first-order valence-corrected chi connectivity index (χ1v) is 14.8. The maximum atomic E-state index is 14.0. The lowest BCUT2D eigenvalue weighted by molar-refractivity contribution is -0.128. The van der Waals surface area contributed by atoms with Crippen LogP contribution in [0.1, 0.15) is 41.5 Å². The minimum absolute atomic E-state index is 0.153. The van der Waals surface area contributed by atoms with Crippen molar-refractivity contribution in [1.82, 2.24) is 10.2 Å². The molecule has 1 saturated carbocycles. The molecular formula is C34H39ClN2O6. The van der Waals surface area contributed by atoms with Crippen LogP contribution in [-0.4, -0.2) is 61.8 Å². The Kier molecular flexibility index (Phi) is 11.5. The minimum atomic E-state index is -0.250. The van der Waals surface area contributed by atoms with Crippen molar-refractivity contribution in [3.63, 3.8) is 0 Å². The van der Waals surface area contributed by atoms with Crippen LogP contribution in [0.2, 0.25) is 5.02 Å². The highest BCUT2D eigenvalue weighted by Gasteiger charge is 2.35. The second kappa shape index (κ2) is 15.5. The molecule has 5 rings (SSSR count). The van der Waals surface area contributed by atoms with Crippen LogP contribution in [0.4, 0.5) is 0 Å². The molecular weight excluding hydrogens is 568 g/mol. The van der Waals surface area contributed by atoms with Crippen molar-refractivity contribution in [3.8, 4) is 17.2 Å². The van der Waals surface area contributed by atoms with Crippen LogP contribution in [0.15, 0.2) is 66.2 Å². The number of benzene rings is 3. The number of carbonyl (C=O) groups is 2. The summed E-state index contributed by atoms with van der Waals surface area (Å²) in [5, 5.41) is 10.9. The van der Waals surface area contributed by atoms with Crippen molar-refractivity contribution >= 4 is 29.6 Å². The first-order valence-electron chi connectivity index (χ1n) is 14.4. The number of nitrogens with one attached hydrogen (secondary N) is 1. The van der Waals surface area contributed by atoms with E-state index in [9.17, 15) is 4.79 Å². The summed E-state index contributed by atoms with van der Waals surface area (Å²) >= 11 is 6.02. The third kappa shape index (κ3) is 8.52. The predicted octanol–water partition coefficient (Wildman–Crippen LogP) is 6.06. The molecule has 2 N–H and O–H groups in total. The summed E-state index contributed by atoms with van der Waals surface area (Å²) in [4.78, 5) is 24.4. The first-order chi connectivity index (χ1) is 20.9. The van der Waals surface area contributed by atoms with Gasteiger partial charge in [0.1, 0.15) is 19.0 Å². The summed E-state index contributed by atoms with van der Waals surface area (Å²) in [7, 11) is 1.59. The Labute approximate surface area is 258 Å². The van der Waals surface area contributed by atoms with Crippen LogP contribution in [0.3, 0.4) is 0 Å². The monoisotopic (exact) mass is 606 g/mol. The van der Waals surface area contributed by atoms with Gasteiger partial charge in [0.2, 0.25) is 0 Å². The Hall–Kier alpha value is -4.01. The molecule has 0 bridgehead atoms. The highest BCUT2D eigenvalue weighted by atomic mass is 35.5. The highest BCUT2D eigenvalue weighted by Crippen LogP contribution is 2.34. The Balaban J connectivity index is 0.00000135. The van der Waals surface area contributed by atoms with Gasteiger partial charge in [-0.05, 0) is 91.7 Å². The average Bonchev–Trinajstić information content (AvgIpc) is 3.86. The minimum Gasteiger partial charge on any atom is -0.493 e. The Morgan fingerprint density at radius 3 is 2.47 bits per heavy atom. The largest absolute Gasteiger partial charge is 0.493 e. The number of carboxylic acid groups (broad SMARTS) is 1. The lowest BCUT2D eigenvalue weighted by Crippen LogP contribution is -2.39. The van der Waals surface area contributed by atoms with E-state index in [1.807, 2.05) is 12.1 Å². The standard InChI is InChI=1S/C33H37ClN2O4.CH2O2/c1-22-5-4-6-25(23(22)2)21-36(27-10-11-27)33(37)30-20-35-16-15-29(30)24-7-12-28(13-8-24)39-17-18-40-31-14-9-26(34)19-32(31)38-3;2-1-3/h4-9,12-14,19,27,35H,10-11,15-18,20-21H2,1-3H3;1H,(H,2,3). The summed E-state index contributed by atoms with van der Waals surface area (Å²) in [6, 6.07) is 20.0. The number of amides is 1. The quantitative estimate of drug-likeness (QED) is 0.202. The molecule has 1 amide bonds. The van der Waals surface area contributed by atoms with Crippen molar-refractivity contribution in [2.45, 2.75) is 45.7 Å². The van der Waals surface area contributed by atoms with E-state index in [-0.39, 0.29) is 12.4 Å². The van der Waals surface area contributed by atoms with Crippen LogP contribution in [0.5, 0.6) is 17.2 Å². The van der Waals surface area contributed by atoms with E-state index in [1.165, 1.54) is 16.7 Å². The predicted molar refractivity (Wildman–Crippen MR) is 168 cm³/mol. The Morgan fingerprint density at radius 1 is 1.05 bits per heavy atom. The second-order valence-electron chi connectivity index (χ2n) is 10.5. The molecule has 0 unspecified atom stereocenters. The van der Waals surface area contributed by atoms with Crippen LogP contribution >= 0.6 is 11.6 Å². The molecule has 0 atom stereocenters. The first kappa shape index (κ1) is 31.9. The molecule has 0 aromatic heterocycles. The number of aryl methyl sites for hydroxylation is 1. The molecule has 1 aliphatic heterocycles. The molecule has 43 heavy (non-hydrogen) atoms. The van der Waals surface area contributed by atoms with E-state index in [1.54, 1.807) is 25.3 Å². The second-order valence-corrected chi connectivity index (χ2v) is 11.0. The molecule has 0 spiro atoms. The third-order valence-corrected chi connectivity index (χ3v) is 7.96. The van der Waals surface area contributed by atoms with Crippen LogP contribution in [0.25, 0.3) is 5.57 Å². The fourth-order valence-corrected chi connectivity index (χ4v) is 5.29. The van der Waals surface area contributed by atoms with E-state index >= 15 is 0 Å². The number of ether oxygens (including phenoxy) is 3. The molecule has 1 fully saturated rings. The third-order valence-electron chi connectivity index (χ3n) is 7.72. The maximum absolute atomic E-state index is 14.0. The van der Waals surface area contributed by atoms with Crippen molar-refractivity contribution in [2.24, 2.45) is 0 Å². The number of nitrogens with zero attached hydrogens (tertiary/aromatic N) is 1. The summed E-state index contributed by atoms with van der Waals surface area (Å²) in [5.41, 5.74) is 6.83. The van der Waals surface area contributed by atoms with Gasteiger partial charge in [-0.25, -0.2) is 0 Å². The normalized spacial score (nSPS) is 14.3. The SMILES string of the molecule is COc1cc(Cl)ccc1OCCOc1ccc(C2=C(C(=O)N(Cc3cccc(C)c3C)C3CC3)CNCC2)cc1.O=CO. The number of halogens is 1. The molecule has 2 aliphatic rings. The number of hydrogen-bond donors (Lipinski definition) is 2. The summed E-state index contributed by atoms with van der Waals surface area (Å²) < 4.78 is 17.0. The smallest absolute Gasteiger partial charge is 0.290 e. The topological polar surface area (TPSA) is 97.3 Å². The number of hydrogen-bond acceptors (Lipinski definition) is 6. The Morgan fingerprint density at radius 2 is 1.77 bits per heavy atom. The number of methoxy groups -OCH3 is 1. The lowest BCUT2D eigenvalue weighted by atomic mass is 9.93. The van der Waals surface area contributed by atoms with Gasteiger partial charge in [0.25, 0.3) is 12.4 Å². The summed E-state index contributed by atoms with van der Waals surface area (Å²) in [6.07, 6.45) is 2.97. The van der Waals surface area contributed by atoms with Gasteiger partial charge in [0, 0.05) is 35.8 Å². The van der Waals surface area contributed by atoms with Gasteiger partial charge in [0.15, 0.2) is 11.5 Å². The molecule has 1 aliphatic carbocycles. The van der Waals surface area contributed by atoms with Crippen molar-refractivity contribution < 1.29 is 28.9 Å². The summed E-state index contributed by atoms with van der Waals surface area (Å²) in [6.45, 7) is 6.89. The van der Waals surface area contributed by atoms with Gasteiger partial charge >= 0.3 is 0 Å². The maximum Gasteiger partial charge on any atom is 0.290 e. The molecule has 228 valence electrons. The van der Waals surface area contributed by atoms with Gasteiger partial charge in [-0.3, -0.25) is 9.59 Å². The van der Waals surface area contributed by atoms with E-state index in [4.69, 9.17) is 35.7 Å². The Bertz CT molecular complexity index is 1440. The van der Waals surface area contributed by atoms with E-state index in [0.29, 0.717) is 48.9 Å². The van der Waals surface area contributed by atoms with Crippen LogP contribution < -0.4 is 19.5 Å². The fraction of sp³-hybridized carbons (Fsp3) is 0.353. The average molecular weight is 607 g/mol. The molecule has 1 heterocycles. The molecule has 3 aromatic rings. The zero-order valence-electron chi connectivity index (χ0n) is 24.9. The van der Waals surface area contributed by atoms with Gasteiger partial charge < -0.3 is 29.5 Å². The zero-order chi connectivity index (χ0) is 30.8. The van der Waals surface area contributed by atoms with Crippen LogP contribution in [-0.2, 0) is 16.1 Å². The van der Waals surface area contributed by atoms with Gasteiger partial charge in [-0.15, -0.1) is 0 Å².